The van der Waals surface area contributed by atoms with Gasteiger partial charge >= 0.3 is 0 Å². The van der Waals surface area contributed by atoms with E-state index in [-0.39, 0.29) is 5.75 Å². The first-order valence-corrected chi connectivity index (χ1v) is 5.40. The maximum absolute atomic E-state index is 9.53. The minimum atomic E-state index is 0.275. The normalized spacial score (nSPS) is 11.3. The summed E-state index contributed by atoms with van der Waals surface area (Å²) >= 11 is 0. The Kier molecular flexibility index (Phi) is 3.71. The van der Waals surface area contributed by atoms with Crippen LogP contribution in [0.1, 0.15) is 5.56 Å². The Hall–Kier alpha value is -2.35. The van der Waals surface area contributed by atoms with E-state index in [2.05, 4.69) is 4.99 Å². The molecule has 2 aromatic carbocycles. The van der Waals surface area contributed by atoms with E-state index in [1.165, 1.54) is 0 Å². The van der Waals surface area contributed by atoms with Crippen LogP contribution in [0.4, 0.5) is 5.69 Å². The molecule has 0 heterocycles. The molecule has 0 radical (unpaired) electrons. The summed E-state index contributed by atoms with van der Waals surface area (Å²) in [6, 6.07) is 16.9. The number of nitrogens with zero attached hydrogens (tertiary/aromatic N) is 1. The van der Waals surface area contributed by atoms with Crippen molar-refractivity contribution in [1.29, 1.82) is 0 Å². The number of hydrogen-bond donors (Lipinski definition) is 1. The molecule has 0 aliphatic carbocycles. The van der Waals surface area contributed by atoms with Crippen LogP contribution in [-0.4, -0.2) is 11.3 Å². The lowest BCUT2D eigenvalue weighted by Crippen LogP contribution is -1.73. The largest absolute Gasteiger partial charge is 0.507 e. The van der Waals surface area contributed by atoms with Gasteiger partial charge in [0, 0.05) is 11.8 Å². The first-order chi connectivity index (χ1) is 8.36. The molecular formula is C15H13NO. The first-order valence-electron chi connectivity index (χ1n) is 5.40. The minimum absolute atomic E-state index is 0.275. The maximum atomic E-state index is 9.53. The first kappa shape index (κ1) is 11.1. The molecule has 0 unspecified atom stereocenters. The Morgan fingerprint density at radius 1 is 0.882 bits per heavy atom. The molecule has 2 aromatic rings. The molecule has 2 nitrogen and oxygen atoms in total. The predicted octanol–water partition coefficient (Wildman–Crippen LogP) is 3.81. The molecule has 0 saturated carbocycles. The van der Waals surface area contributed by atoms with E-state index in [0.717, 1.165) is 11.3 Å². The average molecular weight is 223 g/mol. The number of rotatable bonds is 3. The fraction of sp³-hybridized carbons (Fsp3) is 0. The summed E-state index contributed by atoms with van der Waals surface area (Å²) in [4.78, 5) is 4.26. The molecule has 0 amide bonds. The highest BCUT2D eigenvalue weighted by Gasteiger charge is 1.91. The number of allylic oxidation sites excluding steroid dienone is 1. The van der Waals surface area contributed by atoms with E-state index in [0.29, 0.717) is 0 Å². The van der Waals surface area contributed by atoms with Crippen molar-refractivity contribution in [3.63, 3.8) is 0 Å². The van der Waals surface area contributed by atoms with Crippen LogP contribution >= 0.6 is 0 Å². The van der Waals surface area contributed by atoms with Gasteiger partial charge in [0.05, 0.1) is 5.69 Å². The summed E-state index contributed by atoms with van der Waals surface area (Å²) in [5.41, 5.74) is 1.70. The summed E-state index contributed by atoms with van der Waals surface area (Å²) in [7, 11) is 0. The van der Waals surface area contributed by atoms with Crippen LogP contribution in [0.15, 0.2) is 65.7 Å². The molecule has 0 fully saturated rings. The molecule has 84 valence electrons. The molecule has 0 saturated heterocycles. The van der Waals surface area contributed by atoms with Crippen LogP contribution in [0, 0.1) is 0 Å². The SMILES string of the molecule is Oc1ccccc1C=CC=Nc1ccccc1. The van der Waals surface area contributed by atoms with Crippen molar-refractivity contribution in [3.05, 3.63) is 66.2 Å². The van der Waals surface area contributed by atoms with E-state index in [1.54, 1.807) is 18.3 Å². The zero-order chi connectivity index (χ0) is 11.9. The standard InChI is InChI=1S/C15H13NO/c17-15-11-5-4-7-13(15)8-6-12-16-14-9-2-1-3-10-14/h1-12,17H. The van der Waals surface area contributed by atoms with Gasteiger partial charge in [-0.15, -0.1) is 0 Å². The molecule has 0 aliphatic rings. The number of aromatic hydroxyl groups is 1. The zero-order valence-electron chi connectivity index (χ0n) is 9.32. The third kappa shape index (κ3) is 3.31. The Morgan fingerprint density at radius 2 is 1.59 bits per heavy atom. The third-order valence-corrected chi connectivity index (χ3v) is 2.28. The van der Waals surface area contributed by atoms with Crippen LogP contribution in [0.2, 0.25) is 0 Å². The van der Waals surface area contributed by atoms with Crippen molar-refractivity contribution in [2.45, 2.75) is 0 Å². The van der Waals surface area contributed by atoms with Gasteiger partial charge in [0.25, 0.3) is 0 Å². The molecule has 0 spiro atoms. The lowest BCUT2D eigenvalue weighted by molar-refractivity contribution is 0.474. The Balaban J connectivity index is 2.04. The van der Waals surface area contributed by atoms with Crippen LogP contribution in [0.25, 0.3) is 6.08 Å². The van der Waals surface area contributed by atoms with Crippen molar-refractivity contribution in [2.24, 2.45) is 4.99 Å². The van der Waals surface area contributed by atoms with Crippen LogP contribution in [0.5, 0.6) is 5.75 Å². The lowest BCUT2D eigenvalue weighted by atomic mass is 10.2. The molecule has 2 rings (SSSR count). The van der Waals surface area contributed by atoms with Gasteiger partial charge in [-0.3, -0.25) is 4.99 Å². The third-order valence-electron chi connectivity index (χ3n) is 2.28. The van der Waals surface area contributed by atoms with Gasteiger partial charge in [-0.05, 0) is 30.4 Å². The number of benzene rings is 2. The molecule has 1 N–H and O–H groups in total. The highest BCUT2D eigenvalue weighted by atomic mass is 16.3. The van der Waals surface area contributed by atoms with E-state index in [4.69, 9.17) is 0 Å². The van der Waals surface area contributed by atoms with Gasteiger partial charge in [0.1, 0.15) is 5.75 Å². The molecule has 0 bridgehead atoms. The Bertz CT molecular complexity index is 530. The zero-order valence-corrected chi connectivity index (χ0v) is 9.32. The second-order valence-electron chi connectivity index (χ2n) is 3.53. The van der Waals surface area contributed by atoms with Crippen LogP contribution in [-0.2, 0) is 0 Å². The number of phenols is 1. The van der Waals surface area contributed by atoms with E-state index < -0.39 is 0 Å². The second-order valence-corrected chi connectivity index (χ2v) is 3.53. The highest BCUT2D eigenvalue weighted by molar-refractivity contribution is 5.81. The molecular weight excluding hydrogens is 210 g/mol. The lowest BCUT2D eigenvalue weighted by Gasteiger charge is -1.95. The van der Waals surface area contributed by atoms with Crippen LogP contribution in [0.3, 0.4) is 0 Å². The monoisotopic (exact) mass is 223 g/mol. The fourth-order valence-electron chi connectivity index (χ4n) is 1.42. The van der Waals surface area contributed by atoms with Crippen molar-refractivity contribution in [2.75, 3.05) is 0 Å². The average Bonchev–Trinajstić information content (AvgIpc) is 2.38. The van der Waals surface area contributed by atoms with Crippen molar-refractivity contribution in [3.8, 4) is 5.75 Å². The fourth-order valence-corrected chi connectivity index (χ4v) is 1.42. The van der Waals surface area contributed by atoms with Crippen molar-refractivity contribution >= 4 is 18.0 Å². The molecule has 0 aromatic heterocycles. The van der Waals surface area contributed by atoms with Crippen molar-refractivity contribution < 1.29 is 5.11 Å². The van der Waals surface area contributed by atoms with Gasteiger partial charge in [0.2, 0.25) is 0 Å². The van der Waals surface area contributed by atoms with E-state index >= 15 is 0 Å². The smallest absolute Gasteiger partial charge is 0.122 e. The minimum Gasteiger partial charge on any atom is -0.507 e. The predicted molar refractivity (Wildman–Crippen MR) is 71.7 cm³/mol. The summed E-state index contributed by atoms with van der Waals surface area (Å²) in [5.74, 6) is 0.275. The van der Waals surface area contributed by atoms with Crippen molar-refractivity contribution in [1.82, 2.24) is 0 Å². The van der Waals surface area contributed by atoms with E-state index in [9.17, 15) is 5.11 Å². The van der Waals surface area contributed by atoms with E-state index in [1.807, 2.05) is 54.6 Å². The number of para-hydroxylation sites is 2. The quantitative estimate of drug-likeness (QED) is 0.788. The van der Waals surface area contributed by atoms with Gasteiger partial charge in [-0.1, -0.05) is 36.4 Å². The Labute approximate surface area is 101 Å². The molecule has 0 atom stereocenters. The molecule has 0 aliphatic heterocycles. The molecule has 2 heteroatoms. The number of phenolic OH excluding ortho intramolecular Hbond substituents is 1. The highest BCUT2D eigenvalue weighted by Crippen LogP contribution is 2.16. The van der Waals surface area contributed by atoms with Gasteiger partial charge < -0.3 is 5.11 Å². The summed E-state index contributed by atoms with van der Waals surface area (Å²) in [5, 5.41) is 9.53. The number of hydrogen-bond acceptors (Lipinski definition) is 2. The summed E-state index contributed by atoms with van der Waals surface area (Å²) in [6.45, 7) is 0. The Morgan fingerprint density at radius 3 is 2.35 bits per heavy atom. The summed E-state index contributed by atoms with van der Waals surface area (Å²) < 4.78 is 0. The number of aliphatic imine (C=N–C) groups is 1. The van der Waals surface area contributed by atoms with Gasteiger partial charge in [-0.2, -0.15) is 0 Å². The molecule has 17 heavy (non-hydrogen) atoms. The van der Waals surface area contributed by atoms with Crippen LogP contribution < -0.4 is 0 Å². The summed E-state index contributed by atoms with van der Waals surface area (Å²) in [6.07, 6.45) is 5.34. The topological polar surface area (TPSA) is 32.6 Å². The van der Waals surface area contributed by atoms with Gasteiger partial charge in [0.15, 0.2) is 0 Å². The maximum Gasteiger partial charge on any atom is 0.122 e. The second kappa shape index (κ2) is 5.66. The van der Waals surface area contributed by atoms with Gasteiger partial charge in [-0.25, -0.2) is 0 Å².